The van der Waals surface area contributed by atoms with Crippen LogP contribution in [-0.2, 0) is 17.5 Å². The molecule has 0 aliphatic rings. The largest absolute Gasteiger partial charge is 0.497 e. The van der Waals surface area contributed by atoms with Crippen LogP contribution in [-0.4, -0.2) is 19.7 Å². The second-order valence-corrected chi connectivity index (χ2v) is 7.40. The van der Waals surface area contributed by atoms with Crippen molar-refractivity contribution in [1.29, 1.82) is 0 Å². The van der Waals surface area contributed by atoms with Gasteiger partial charge in [0.05, 0.1) is 19.3 Å². The molecule has 0 atom stereocenters. The summed E-state index contributed by atoms with van der Waals surface area (Å²) < 4.78 is 61.0. The van der Waals surface area contributed by atoms with E-state index in [1.54, 1.807) is 62.6 Å². The lowest BCUT2D eigenvalue weighted by molar-refractivity contribution is -0.137. The molecule has 3 aromatic carbocycles. The maximum atomic E-state index is 13.0. The number of halogens is 3. The van der Waals surface area contributed by atoms with Crippen molar-refractivity contribution in [1.82, 2.24) is 0 Å². The molecule has 1 heterocycles. The Morgan fingerprint density at radius 3 is 2.38 bits per heavy atom. The number of fused-ring (bicyclic) bond motifs is 1. The molecule has 0 N–H and O–H groups in total. The van der Waals surface area contributed by atoms with Gasteiger partial charge in [-0.2, -0.15) is 13.2 Å². The summed E-state index contributed by atoms with van der Waals surface area (Å²) in [7, 11) is 1.56. The molecule has 0 aliphatic heterocycles. The van der Waals surface area contributed by atoms with Gasteiger partial charge in [-0.05, 0) is 67.1 Å². The number of hydrogen-bond donors (Lipinski definition) is 0. The van der Waals surface area contributed by atoms with Gasteiger partial charge in [0.2, 0.25) is 0 Å². The number of ether oxygens (including phenoxy) is 3. The van der Waals surface area contributed by atoms with Gasteiger partial charge in [0.15, 0.2) is 0 Å². The Labute approximate surface area is 193 Å². The van der Waals surface area contributed by atoms with Gasteiger partial charge in [-0.25, -0.2) is 4.79 Å². The van der Waals surface area contributed by atoms with Gasteiger partial charge in [0, 0.05) is 10.9 Å². The first-order valence-corrected chi connectivity index (χ1v) is 10.5. The average molecular weight is 470 g/mol. The molecule has 0 amide bonds. The van der Waals surface area contributed by atoms with Gasteiger partial charge in [-0.3, -0.25) is 0 Å². The van der Waals surface area contributed by atoms with E-state index in [1.165, 1.54) is 6.07 Å². The molecule has 4 rings (SSSR count). The number of furan rings is 1. The van der Waals surface area contributed by atoms with Gasteiger partial charge < -0.3 is 18.6 Å². The Hall–Kier alpha value is -3.94. The zero-order valence-electron chi connectivity index (χ0n) is 18.4. The summed E-state index contributed by atoms with van der Waals surface area (Å²) in [5, 5.41) is 0.478. The highest BCUT2D eigenvalue weighted by Crippen LogP contribution is 2.37. The first-order chi connectivity index (χ1) is 16.3. The van der Waals surface area contributed by atoms with Crippen LogP contribution in [0.2, 0.25) is 0 Å². The molecule has 0 bridgehead atoms. The van der Waals surface area contributed by atoms with Gasteiger partial charge in [0.1, 0.15) is 35.0 Å². The van der Waals surface area contributed by atoms with Crippen molar-refractivity contribution in [2.24, 2.45) is 0 Å². The molecular formula is C26H21F3O5. The predicted molar refractivity (Wildman–Crippen MR) is 120 cm³/mol. The first kappa shape index (κ1) is 23.2. The highest BCUT2D eigenvalue weighted by Gasteiger charge is 2.30. The Kier molecular flexibility index (Phi) is 6.49. The Morgan fingerprint density at radius 1 is 0.971 bits per heavy atom. The molecule has 1 aromatic heterocycles. The van der Waals surface area contributed by atoms with Crippen LogP contribution in [0.3, 0.4) is 0 Å². The summed E-state index contributed by atoms with van der Waals surface area (Å²) >= 11 is 0. The maximum absolute atomic E-state index is 13.0. The molecule has 5 nitrogen and oxygen atoms in total. The third-order valence-corrected chi connectivity index (χ3v) is 5.15. The molecule has 0 saturated carbocycles. The molecule has 4 aromatic rings. The van der Waals surface area contributed by atoms with E-state index in [0.717, 1.165) is 12.1 Å². The summed E-state index contributed by atoms with van der Waals surface area (Å²) in [5.41, 5.74) is 0.970. The third-order valence-electron chi connectivity index (χ3n) is 5.15. The molecule has 34 heavy (non-hydrogen) atoms. The minimum absolute atomic E-state index is 0.0760. The van der Waals surface area contributed by atoms with E-state index in [2.05, 4.69) is 0 Å². The van der Waals surface area contributed by atoms with E-state index in [9.17, 15) is 18.0 Å². The van der Waals surface area contributed by atoms with Gasteiger partial charge in [-0.1, -0.05) is 12.1 Å². The highest BCUT2D eigenvalue weighted by atomic mass is 19.4. The topological polar surface area (TPSA) is 57.9 Å². The molecule has 0 saturated heterocycles. The van der Waals surface area contributed by atoms with E-state index < -0.39 is 17.7 Å². The molecular weight excluding hydrogens is 449 g/mol. The fraction of sp³-hybridized carbons (Fsp3) is 0.192. The minimum atomic E-state index is -4.43. The average Bonchev–Trinajstić information content (AvgIpc) is 3.21. The van der Waals surface area contributed by atoms with E-state index in [1.807, 2.05) is 0 Å². The normalized spacial score (nSPS) is 11.4. The smallest absolute Gasteiger partial charge is 0.416 e. The van der Waals surface area contributed by atoms with E-state index in [-0.39, 0.29) is 18.8 Å². The fourth-order valence-electron chi connectivity index (χ4n) is 3.52. The number of carbonyl (C=O) groups excluding carboxylic acids is 1. The standard InChI is InChI=1S/C26H21F3O5/c1-3-32-25(30)23-21-14-20(33-15-16-5-4-6-18(13-16)26(27,28)29)11-12-22(21)34-24(23)17-7-9-19(31-2)10-8-17/h4-14H,3,15H2,1-2H3. The van der Waals surface area contributed by atoms with E-state index in [4.69, 9.17) is 18.6 Å². The van der Waals surface area contributed by atoms with Gasteiger partial charge >= 0.3 is 12.1 Å². The number of methoxy groups -OCH3 is 1. The second kappa shape index (κ2) is 9.51. The summed E-state index contributed by atoms with van der Waals surface area (Å²) in [6.07, 6.45) is -4.43. The predicted octanol–water partition coefficient (Wildman–Crippen LogP) is 6.88. The van der Waals surface area contributed by atoms with Gasteiger partial charge in [-0.15, -0.1) is 0 Å². The number of hydrogen-bond acceptors (Lipinski definition) is 5. The summed E-state index contributed by atoms with van der Waals surface area (Å²) in [5.74, 6) is 0.814. The fourth-order valence-corrected chi connectivity index (χ4v) is 3.52. The van der Waals surface area contributed by atoms with Crippen molar-refractivity contribution in [3.8, 4) is 22.8 Å². The molecule has 0 aliphatic carbocycles. The Bertz CT molecular complexity index is 1310. The Morgan fingerprint density at radius 2 is 1.71 bits per heavy atom. The van der Waals surface area contributed by atoms with Crippen LogP contribution in [0.5, 0.6) is 11.5 Å². The highest BCUT2D eigenvalue weighted by molar-refractivity contribution is 6.09. The maximum Gasteiger partial charge on any atom is 0.416 e. The quantitative estimate of drug-likeness (QED) is 0.276. The second-order valence-electron chi connectivity index (χ2n) is 7.40. The number of alkyl halides is 3. The van der Waals surface area contributed by atoms with E-state index in [0.29, 0.717) is 39.4 Å². The molecule has 0 spiro atoms. The van der Waals surface area contributed by atoms with Crippen molar-refractivity contribution in [3.05, 3.63) is 83.4 Å². The lowest BCUT2D eigenvalue weighted by Crippen LogP contribution is -2.06. The van der Waals surface area contributed by atoms with Crippen molar-refractivity contribution < 1.29 is 36.6 Å². The van der Waals surface area contributed by atoms with Crippen LogP contribution in [0, 0.1) is 0 Å². The van der Waals surface area contributed by atoms with Crippen molar-refractivity contribution >= 4 is 16.9 Å². The van der Waals surface area contributed by atoms with Gasteiger partial charge in [0.25, 0.3) is 0 Å². The molecule has 0 radical (unpaired) electrons. The summed E-state index contributed by atoms with van der Waals surface area (Å²) in [6, 6.07) is 16.9. The first-order valence-electron chi connectivity index (χ1n) is 10.5. The minimum Gasteiger partial charge on any atom is -0.497 e. The molecule has 8 heteroatoms. The van der Waals surface area contributed by atoms with Crippen molar-refractivity contribution in [2.75, 3.05) is 13.7 Å². The SMILES string of the molecule is CCOC(=O)c1c(-c2ccc(OC)cc2)oc2ccc(OCc3cccc(C(F)(F)F)c3)cc12. The van der Waals surface area contributed by atoms with Crippen LogP contribution < -0.4 is 9.47 Å². The molecule has 176 valence electrons. The van der Waals surface area contributed by atoms with Crippen LogP contribution in [0.1, 0.15) is 28.4 Å². The molecule has 0 unspecified atom stereocenters. The lowest BCUT2D eigenvalue weighted by atomic mass is 10.1. The number of esters is 1. The molecule has 0 fully saturated rings. The summed E-state index contributed by atoms with van der Waals surface area (Å²) in [6.45, 7) is 1.81. The number of carbonyl (C=O) groups is 1. The lowest BCUT2D eigenvalue weighted by Gasteiger charge is -2.10. The van der Waals surface area contributed by atoms with Crippen LogP contribution in [0.25, 0.3) is 22.3 Å². The monoisotopic (exact) mass is 470 g/mol. The zero-order chi connectivity index (χ0) is 24.3. The van der Waals surface area contributed by atoms with Crippen LogP contribution >= 0.6 is 0 Å². The summed E-state index contributed by atoms with van der Waals surface area (Å²) in [4.78, 5) is 12.8. The third kappa shape index (κ3) is 4.85. The number of rotatable bonds is 7. The van der Waals surface area contributed by atoms with Crippen LogP contribution in [0.15, 0.2) is 71.1 Å². The van der Waals surface area contributed by atoms with Crippen LogP contribution in [0.4, 0.5) is 13.2 Å². The number of benzene rings is 3. The van der Waals surface area contributed by atoms with Crippen molar-refractivity contribution in [2.45, 2.75) is 19.7 Å². The Balaban J connectivity index is 1.68. The van der Waals surface area contributed by atoms with E-state index >= 15 is 0 Å². The van der Waals surface area contributed by atoms with Crippen molar-refractivity contribution in [3.63, 3.8) is 0 Å². The zero-order valence-corrected chi connectivity index (χ0v) is 18.4.